The maximum absolute atomic E-state index is 13.1. The van der Waals surface area contributed by atoms with Crippen LogP contribution in [-0.2, 0) is 20.9 Å². The topological polar surface area (TPSA) is 132 Å². The van der Waals surface area contributed by atoms with Crippen molar-refractivity contribution in [1.82, 2.24) is 19.8 Å². The Balaban J connectivity index is 1.75. The first-order chi connectivity index (χ1) is 19.4. The Morgan fingerprint density at radius 2 is 1.95 bits per heavy atom. The van der Waals surface area contributed by atoms with Crippen LogP contribution in [-0.4, -0.2) is 72.4 Å². The number of halogens is 3. The minimum Gasteiger partial charge on any atom is -0.483 e. The molecule has 0 spiro atoms. The summed E-state index contributed by atoms with van der Waals surface area (Å²) < 4.78 is 49.1. The molecule has 0 radical (unpaired) electrons. The molecule has 15 heteroatoms. The number of anilines is 1. The van der Waals surface area contributed by atoms with Crippen molar-refractivity contribution in [2.24, 2.45) is 0 Å². The van der Waals surface area contributed by atoms with Crippen LogP contribution in [0.3, 0.4) is 0 Å². The first-order valence-corrected chi connectivity index (χ1v) is 13.0. The summed E-state index contributed by atoms with van der Waals surface area (Å²) in [4.78, 5) is 55.4. The molecule has 11 nitrogen and oxygen atoms in total. The van der Waals surface area contributed by atoms with Gasteiger partial charge in [0.2, 0.25) is 11.8 Å². The van der Waals surface area contributed by atoms with E-state index in [0.717, 1.165) is 18.4 Å². The SMILES string of the molecule is COC(=O)NC(CCC=CC(=O)N(C)C)C(=O)Nc1cccn(Cc2nc3cccc(OCC(F)(F)F)c3s2)c1=O. The quantitative estimate of drug-likeness (QED) is 0.324. The molecule has 2 heterocycles. The number of allylic oxidation sites excluding steroid dienone is 1. The number of benzene rings is 1. The van der Waals surface area contributed by atoms with Crippen LogP contribution in [0.1, 0.15) is 17.8 Å². The summed E-state index contributed by atoms with van der Waals surface area (Å²) in [6.45, 7) is -1.47. The number of carbonyl (C=O) groups is 3. The number of alkyl carbamates (subject to hydrolysis) is 1. The zero-order valence-electron chi connectivity index (χ0n) is 22.4. The van der Waals surface area contributed by atoms with E-state index in [-0.39, 0.29) is 36.7 Å². The third-order valence-electron chi connectivity index (χ3n) is 5.52. The van der Waals surface area contributed by atoms with Crippen molar-refractivity contribution in [1.29, 1.82) is 0 Å². The van der Waals surface area contributed by atoms with E-state index >= 15 is 0 Å². The molecule has 2 N–H and O–H groups in total. The number of thiazole rings is 1. The average Bonchev–Trinajstić information content (AvgIpc) is 3.33. The van der Waals surface area contributed by atoms with Crippen LogP contribution in [0, 0.1) is 0 Å². The number of likely N-dealkylation sites (N-methyl/N-ethyl adjacent to an activating group) is 1. The Hall–Kier alpha value is -4.40. The number of alkyl halides is 3. The lowest BCUT2D eigenvalue weighted by molar-refractivity contribution is -0.153. The summed E-state index contributed by atoms with van der Waals surface area (Å²) in [5.41, 5.74) is -0.218. The molecule has 0 aliphatic heterocycles. The first-order valence-electron chi connectivity index (χ1n) is 12.2. The van der Waals surface area contributed by atoms with Crippen molar-refractivity contribution in [3.8, 4) is 5.75 Å². The van der Waals surface area contributed by atoms with Crippen molar-refractivity contribution < 1.29 is 37.0 Å². The van der Waals surface area contributed by atoms with E-state index in [1.807, 2.05) is 0 Å². The molecule has 0 fully saturated rings. The Kier molecular flexibility index (Phi) is 10.5. The van der Waals surface area contributed by atoms with Gasteiger partial charge in [0.25, 0.3) is 5.56 Å². The highest BCUT2D eigenvalue weighted by atomic mass is 32.1. The highest BCUT2D eigenvalue weighted by Gasteiger charge is 2.29. The van der Waals surface area contributed by atoms with E-state index in [9.17, 15) is 32.3 Å². The van der Waals surface area contributed by atoms with E-state index in [0.29, 0.717) is 15.2 Å². The first kappa shape index (κ1) is 31.1. The van der Waals surface area contributed by atoms with Gasteiger partial charge in [-0.2, -0.15) is 13.2 Å². The van der Waals surface area contributed by atoms with Gasteiger partial charge in [0.15, 0.2) is 6.61 Å². The Morgan fingerprint density at radius 3 is 2.63 bits per heavy atom. The molecular weight excluding hydrogens is 567 g/mol. The molecule has 0 aliphatic carbocycles. The molecule has 3 rings (SSSR count). The van der Waals surface area contributed by atoms with Crippen LogP contribution < -0.4 is 20.9 Å². The third-order valence-corrected chi connectivity index (χ3v) is 6.59. The maximum Gasteiger partial charge on any atom is 0.422 e. The van der Waals surface area contributed by atoms with Crippen molar-refractivity contribution in [3.63, 3.8) is 0 Å². The number of carbonyl (C=O) groups excluding carboxylic acids is 3. The highest BCUT2D eigenvalue weighted by Crippen LogP contribution is 2.32. The van der Waals surface area contributed by atoms with Gasteiger partial charge < -0.3 is 29.6 Å². The lowest BCUT2D eigenvalue weighted by Gasteiger charge is -2.17. The molecule has 0 saturated heterocycles. The van der Waals surface area contributed by atoms with Gasteiger partial charge in [-0.1, -0.05) is 12.1 Å². The average molecular weight is 596 g/mol. The van der Waals surface area contributed by atoms with Crippen molar-refractivity contribution in [2.75, 3.05) is 33.1 Å². The molecule has 0 saturated carbocycles. The van der Waals surface area contributed by atoms with E-state index in [2.05, 4.69) is 20.4 Å². The second-order valence-corrected chi connectivity index (χ2v) is 9.94. The maximum atomic E-state index is 13.1. The lowest BCUT2D eigenvalue weighted by Crippen LogP contribution is -2.44. The molecule has 220 valence electrons. The van der Waals surface area contributed by atoms with Crippen molar-refractivity contribution in [3.05, 3.63) is 64.0 Å². The number of fused-ring (bicyclic) bond motifs is 1. The number of hydrogen-bond acceptors (Lipinski definition) is 8. The lowest BCUT2D eigenvalue weighted by atomic mass is 10.1. The van der Waals surface area contributed by atoms with E-state index in [1.165, 1.54) is 46.0 Å². The third kappa shape index (κ3) is 9.06. The van der Waals surface area contributed by atoms with Gasteiger partial charge in [0.1, 0.15) is 22.5 Å². The highest BCUT2D eigenvalue weighted by molar-refractivity contribution is 7.19. The fourth-order valence-electron chi connectivity index (χ4n) is 3.50. The molecule has 3 amide bonds. The summed E-state index contributed by atoms with van der Waals surface area (Å²) in [6.07, 6.45) is -0.580. The van der Waals surface area contributed by atoms with Crippen LogP contribution in [0.2, 0.25) is 0 Å². The van der Waals surface area contributed by atoms with Gasteiger partial charge in [-0.25, -0.2) is 9.78 Å². The Bertz CT molecular complexity index is 1480. The predicted molar refractivity (Wildman–Crippen MR) is 146 cm³/mol. The number of amides is 3. The van der Waals surface area contributed by atoms with Gasteiger partial charge in [-0.3, -0.25) is 14.4 Å². The number of aromatic nitrogens is 2. The Labute approximate surface area is 236 Å². The number of rotatable bonds is 11. The van der Waals surface area contributed by atoms with Crippen molar-refractivity contribution in [2.45, 2.75) is 31.6 Å². The number of ether oxygens (including phenoxy) is 2. The van der Waals surface area contributed by atoms with E-state index in [1.54, 1.807) is 26.2 Å². The zero-order chi connectivity index (χ0) is 30.2. The predicted octanol–water partition coefficient (Wildman–Crippen LogP) is 3.54. The van der Waals surface area contributed by atoms with Crippen LogP contribution in [0.25, 0.3) is 10.2 Å². The molecule has 0 aliphatic rings. The van der Waals surface area contributed by atoms with Gasteiger partial charge in [-0.15, -0.1) is 11.3 Å². The number of methoxy groups -OCH3 is 1. The number of hydrogen-bond donors (Lipinski definition) is 2. The standard InChI is InChI=1S/C26H28F3N5O6S/c1-33(2)21(35)12-5-4-8-17(32-25(38)39-3)23(36)31-18-10-7-13-34(24(18)37)14-20-30-16-9-6-11-19(22(16)41-20)40-15-26(27,28)29/h5-7,9-13,17H,4,8,14-15H2,1-3H3,(H,31,36)(H,32,38). The van der Waals surface area contributed by atoms with Gasteiger partial charge in [0.05, 0.1) is 23.9 Å². The molecule has 2 aromatic heterocycles. The summed E-state index contributed by atoms with van der Waals surface area (Å²) >= 11 is 1.08. The summed E-state index contributed by atoms with van der Waals surface area (Å²) in [7, 11) is 4.33. The molecule has 41 heavy (non-hydrogen) atoms. The largest absolute Gasteiger partial charge is 0.483 e. The second-order valence-electron chi connectivity index (χ2n) is 8.86. The summed E-state index contributed by atoms with van der Waals surface area (Å²) in [5, 5.41) is 5.35. The fraction of sp³-hybridized carbons (Fsp3) is 0.346. The monoisotopic (exact) mass is 595 g/mol. The number of pyridine rings is 1. The summed E-state index contributed by atoms with van der Waals surface area (Å²) in [6, 6.07) is 6.40. The van der Waals surface area contributed by atoms with Crippen LogP contribution in [0.15, 0.2) is 53.5 Å². The van der Waals surface area contributed by atoms with Crippen LogP contribution in [0.4, 0.5) is 23.7 Å². The van der Waals surface area contributed by atoms with Gasteiger partial charge in [-0.05, 0) is 43.2 Å². The number of nitrogens with zero attached hydrogens (tertiary/aromatic N) is 3. The van der Waals surface area contributed by atoms with Gasteiger partial charge in [0, 0.05) is 20.3 Å². The van der Waals surface area contributed by atoms with Crippen molar-refractivity contribution >= 4 is 45.1 Å². The second kappa shape index (κ2) is 13.8. The van der Waals surface area contributed by atoms with Gasteiger partial charge >= 0.3 is 12.3 Å². The molecule has 1 atom stereocenters. The molecule has 0 bridgehead atoms. The smallest absolute Gasteiger partial charge is 0.422 e. The molecule has 1 aromatic carbocycles. The summed E-state index contributed by atoms with van der Waals surface area (Å²) in [5.74, 6) is -0.888. The normalized spacial score (nSPS) is 12.2. The van der Waals surface area contributed by atoms with Crippen LogP contribution in [0.5, 0.6) is 5.75 Å². The minimum absolute atomic E-state index is 0.0187. The van der Waals surface area contributed by atoms with E-state index in [4.69, 9.17) is 4.74 Å². The molecular formula is C26H28F3N5O6S. The number of nitrogens with one attached hydrogen (secondary N) is 2. The Morgan fingerprint density at radius 1 is 1.20 bits per heavy atom. The van der Waals surface area contributed by atoms with E-state index < -0.39 is 36.4 Å². The minimum atomic E-state index is -4.50. The van der Waals surface area contributed by atoms with Crippen LogP contribution >= 0.6 is 11.3 Å². The molecule has 3 aromatic rings. The zero-order valence-corrected chi connectivity index (χ0v) is 23.2. The molecule has 1 unspecified atom stereocenters. The fourth-order valence-corrected chi connectivity index (χ4v) is 4.53.